The van der Waals surface area contributed by atoms with E-state index in [0.29, 0.717) is 44.9 Å². The van der Waals surface area contributed by atoms with Crippen molar-refractivity contribution in [1.82, 2.24) is 5.32 Å². The Morgan fingerprint density at radius 1 is 0.727 bits per heavy atom. The summed E-state index contributed by atoms with van der Waals surface area (Å²) in [4.78, 5) is 25.1. The zero-order valence-corrected chi connectivity index (χ0v) is 17.2. The normalized spacial score (nSPS) is 11.9. The Bertz CT molecular complexity index is 1380. The van der Waals surface area contributed by atoms with Gasteiger partial charge in [-0.2, -0.15) is 0 Å². The van der Waals surface area contributed by atoms with Gasteiger partial charge in [-0.25, -0.2) is 0 Å². The highest BCUT2D eigenvalue weighted by Crippen LogP contribution is 2.40. The van der Waals surface area contributed by atoms with Gasteiger partial charge in [-0.1, -0.05) is 18.2 Å². The molecule has 4 rings (SSSR count). The number of hydrogen-bond donors (Lipinski definition) is 3. The molecular weight excluding hydrogens is 422 g/mol. The van der Waals surface area contributed by atoms with E-state index in [-0.39, 0.29) is 24.2 Å². The predicted molar refractivity (Wildman–Crippen MR) is 117 cm³/mol. The van der Waals surface area contributed by atoms with Crippen molar-refractivity contribution in [2.75, 3.05) is 0 Å². The second-order valence-corrected chi connectivity index (χ2v) is 7.13. The van der Waals surface area contributed by atoms with Crippen molar-refractivity contribution in [2.24, 2.45) is 11.5 Å². The summed E-state index contributed by atoms with van der Waals surface area (Å²) in [5, 5.41) is 20.1. The van der Waals surface area contributed by atoms with Crippen molar-refractivity contribution in [1.29, 1.82) is 10.5 Å². The van der Waals surface area contributed by atoms with Gasteiger partial charge in [-0.3, -0.25) is 14.9 Å². The number of nitrogens with zero attached hydrogens (tertiary/aromatic N) is 2. The molecule has 1 aliphatic heterocycles. The number of nitriles is 2. The van der Waals surface area contributed by atoms with Gasteiger partial charge in [0.2, 0.25) is 0 Å². The van der Waals surface area contributed by atoms with Crippen LogP contribution in [0.25, 0.3) is 22.3 Å². The first kappa shape index (κ1) is 21.5. The summed E-state index contributed by atoms with van der Waals surface area (Å²) in [7, 11) is 0. The van der Waals surface area contributed by atoms with Gasteiger partial charge in [0, 0.05) is 29.8 Å². The minimum Gasteiger partial charge on any atom is -0.388 e. The van der Waals surface area contributed by atoms with Crippen LogP contribution in [0.15, 0.2) is 48.5 Å². The average molecular weight is 439 g/mol. The summed E-state index contributed by atoms with van der Waals surface area (Å²) in [6, 6.07) is 13.5. The van der Waals surface area contributed by atoms with Crippen molar-refractivity contribution in [2.45, 2.75) is 13.1 Å². The lowest BCUT2D eigenvalue weighted by Gasteiger charge is -2.16. The van der Waals surface area contributed by atoms with Gasteiger partial charge in [0.15, 0.2) is 0 Å². The first-order chi connectivity index (χ1) is 16.0. The number of carbonyl (C=O) groups excluding carboxylic acids is 2. The van der Waals surface area contributed by atoms with Crippen molar-refractivity contribution >= 4 is 11.8 Å². The van der Waals surface area contributed by atoms with E-state index in [1.807, 2.05) is 0 Å². The lowest BCUT2D eigenvalue weighted by Crippen LogP contribution is -2.20. The van der Waals surface area contributed by atoms with Crippen molar-refractivity contribution in [3.05, 3.63) is 70.8 Å². The van der Waals surface area contributed by atoms with Gasteiger partial charge in [-0.15, -0.1) is 10.5 Å². The summed E-state index contributed by atoms with van der Waals surface area (Å²) in [6.45, 7) is 0.222. The van der Waals surface area contributed by atoms with Crippen LogP contribution in [0.5, 0.6) is 11.5 Å². The molecule has 3 aromatic carbocycles. The van der Waals surface area contributed by atoms with E-state index in [9.17, 15) is 9.59 Å². The molecule has 0 saturated carbocycles. The monoisotopic (exact) mass is 439 g/mol. The van der Waals surface area contributed by atoms with E-state index in [1.54, 1.807) is 61.0 Å². The van der Waals surface area contributed by atoms with E-state index < -0.39 is 11.8 Å². The van der Waals surface area contributed by atoms with Crippen molar-refractivity contribution in [3.63, 3.8) is 0 Å². The molecule has 9 nitrogen and oxygen atoms in total. The van der Waals surface area contributed by atoms with E-state index >= 15 is 0 Å². The molecule has 0 unspecified atom stereocenters. The summed E-state index contributed by atoms with van der Waals surface area (Å²) in [5.74, 6) is -0.349. The van der Waals surface area contributed by atoms with Gasteiger partial charge in [-0.05, 0) is 47.0 Å². The fourth-order valence-corrected chi connectivity index (χ4v) is 3.90. The number of hydrogen-bond acceptors (Lipinski definition) is 8. The number of benzene rings is 3. The second kappa shape index (κ2) is 8.81. The molecule has 5 N–H and O–H groups in total. The number of carbonyl (C=O) groups is 2. The second-order valence-electron chi connectivity index (χ2n) is 7.13. The molecule has 1 heterocycles. The Morgan fingerprint density at radius 3 is 1.85 bits per heavy atom. The lowest BCUT2D eigenvalue weighted by molar-refractivity contribution is 0.0880. The van der Waals surface area contributed by atoms with E-state index in [4.69, 9.17) is 31.5 Å². The fourth-order valence-electron chi connectivity index (χ4n) is 3.90. The maximum absolute atomic E-state index is 12.7. The van der Waals surface area contributed by atoms with Crippen LogP contribution in [-0.4, -0.2) is 11.8 Å². The van der Waals surface area contributed by atoms with Crippen LogP contribution in [0.4, 0.5) is 0 Å². The molecule has 0 spiro atoms. The fraction of sp³-hybridized carbons (Fsp3) is 0.0833. The first-order valence-electron chi connectivity index (χ1n) is 9.83. The van der Waals surface area contributed by atoms with Crippen LogP contribution in [-0.2, 0) is 13.1 Å². The molecule has 0 saturated heterocycles. The zero-order chi connectivity index (χ0) is 23.5. The third-order valence-electron chi connectivity index (χ3n) is 5.38. The molecule has 0 atom stereocenters. The number of fused-ring (bicyclic) bond motifs is 1. The molecule has 0 bridgehead atoms. The molecule has 162 valence electrons. The Labute approximate surface area is 188 Å². The van der Waals surface area contributed by atoms with Gasteiger partial charge in [0.25, 0.3) is 24.3 Å². The minimum absolute atomic E-state index is 0.0951. The maximum Gasteiger partial charge on any atom is 0.292 e. The summed E-state index contributed by atoms with van der Waals surface area (Å²) in [5.41, 5.74) is 15.8. The molecule has 0 aliphatic carbocycles. The Morgan fingerprint density at radius 2 is 1.27 bits per heavy atom. The number of rotatable bonds is 6. The van der Waals surface area contributed by atoms with Crippen LogP contribution < -0.4 is 26.3 Å². The number of ether oxygens (including phenoxy) is 2. The van der Waals surface area contributed by atoms with Crippen molar-refractivity contribution in [3.8, 4) is 46.3 Å². The molecule has 1 aliphatic rings. The summed E-state index contributed by atoms with van der Waals surface area (Å²) < 4.78 is 9.94. The van der Waals surface area contributed by atoms with E-state index in [0.717, 1.165) is 0 Å². The maximum atomic E-state index is 12.7. The Hall–Kier alpha value is -4.70. The number of nitrogens with one attached hydrogen (secondary N) is 1. The molecule has 0 fully saturated rings. The van der Waals surface area contributed by atoms with E-state index in [1.165, 1.54) is 0 Å². The average Bonchev–Trinajstić information content (AvgIpc) is 3.12. The van der Waals surface area contributed by atoms with E-state index in [2.05, 4.69) is 5.32 Å². The predicted octanol–water partition coefficient (Wildman–Crippen LogP) is 2.54. The highest BCUT2D eigenvalue weighted by molar-refractivity contribution is 6.25. The molecule has 9 heteroatoms. The van der Waals surface area contributed by atoms with Gasteiger partial charge >= 0.3 is 0 Å². The number of imide groups is 1. The summed E-state index contributed by atoms with van der Waals surface area (Å²) in [6.07, 6.45) is 3.26. The quantitative estimate of drug-likeness (QED) is 0.389. The molecule has 2 amide bonds. The van der Waals surface area contributed by atoms with Crippen LogP contribution in [0.2, 0.25) is 0 Å². The first-order valence-corrected chi connectivity index (χ1v) is 9.83. The van der Waals surface area contributed by atoms with Crippen LogP contribution in [0, 0.1) is 23.0 Å². The minimum atomic E-state index is -0.512. The molecule has 0 radical (unpaired) electrons. The third kappa shape index (κ3) is 3.75. The third-order valence-corrected chi connectivity index (χ3v) is 5.38. The van der Waals surface area contributed by atoms with Gasteiger partial charge < -0.3 is 20.9 Å². The number of nitrogens with two attached hydrogens (primary N) is 2. The molecule has 0 aromatic heterocycles. The zero-order valence-electron chi connectivity index (χ0n) is 17.2. The lowest BCUT2D eigenvalue weighted by atomic mass is 9.87. The highest BCUT2D eigenvalue weighted by atomic mass is 16.5. The van der Waals surface area contributed by atoms with Crippen LogP contribution in [0.1, 0.15) is 31.8 Å². The standard InChI is InChI=1S/C24H17N5O4/c25-9-15-7-13(1-5-19(15)32-11-27)17-3-4-18-22(24(31)29-23(18)30)21(17)14-2-6-20(33-12-28)16(8-14)10-26/h1-8H,9-10,25-26H2,(H,29,30,31). The Kier molecular flexibility index (Phi) is 5.75. The Balaban J connectivity index is 1.99. The molecule has 3 aromatic rings. The molecule has 33 heavy (non-hydrogen) atoms. The van der Waals surface area contributed by atoms with Crippen molar-refractivity contribution < 1.29 is 19.1 Å². The SMILES string of the molecule is N#COc1ccc(-c2ccc3c(c2-c2ccc(OC#N)c(CN)c2)C(=O)NC3=O)cc1CN. The smallest absolute Gasteiger partial charge is 0.292 e. The van der Waals surface area contributed by atoms with Gasteiger partial charge in [0.05, 0.1) is 11.1 Å². The number of amides is 2. The largest absolute Gasteiger partial charge is 0.388 e. The van der Waals surface area contributed by atoms with Crippen LogP contribution in [0.3, 0.4) is 0 Å². The highest BCUT2D eigenvalue weighted by Gasteiger charge is 2.32. The summed E-state index contributed by atoms with van der Waals surface area (Å²) >= 11 is 0. The van der Waals surface area contributed by atoms with Gasteiger partial charge in [0.1, 0.15) is 11.5 Å². The van der Waals surface area contributed by atoms with Crippen LogP contribution >= 0.6 is 0 Å². The molecular formula is C24H17N5O4. The topological polar surface area (TPSA) is 164 Å².